The fraction of sp³-hybridized carbons (Fsp3) is 0.647. The Bertz CT molecular complexity index is 572. The van der Waals surface area contributed by atoms with Crippen LogP contribution in [0.2, 0.25) is 0 Å². The van der Waals surface area contributed by atoms with E-state index < -0.39 is 11.4 Å². The first-order valence-electron chi connectivity index (χ1n) is 8.23. The van der Waals surface area contributed by atoms with E-state index in [-0.39, 0.29) is 16.5 Å². The average Bonchev–Trinajstić information content (AvgIpc) is 2.49. The highest BCUT2D eigenvalue weighted by Crippen LogP contribution is 2.37. The van der Waals surface area contributed by atoms with Crippen molar-refractivity contribution >= 4 is 33.0 Å². The number of anilines is 1. The van der Waals surface area contributed by atoms with E-state index in [0.717, 1.165) is 41.9 Å². The Kier molecular flexibility index (Phi) is 6.47. The van der Waals surface area contributed by atoms with Crippen LogP contribution < -0.4 is 9.62 Å². The van der Waals surface area contributed by atoms with Crippen LogP contribution in [0.5, 0.6) is 5.75 Å². The van der Waals surface area contributed by atoms with Gasteiger partial charge in [0.2, 0.25) is 0 Å². The summed E-state index contributed by atoms with van der Waals surface area (Å²) in [5, 5.41) is 10.5. The highest BCUT2D eigenvalue weighted by atomic mass is 79.9. The van der Waals surface area contributed by atoms with Crippen LogP contribution in [0, 0.1) is 0 Å². The Labute approximate surface area is 156 Å². The zero-order valence-electron chi connectivity index (χ0n) is 15.1. The monoisotopic (exact) mass is 417 g/mol. The van der Waals surface area contributed by atoms with Gasteiger partial charge in [-0.1, -0.05) is 15.9 Å². The van der Waals surface area contributed by atoms with Crippen LogP contribution in [0.3, 0.4) is 0 Å². The molecule has 1 unspecified atom stereocenters. The molecule has 1 aromatic rings. The van der Waals surface area contributed by atoms with E-state index in [2.05, 4.69) is 37.5 Å². The van der Waals surface area contributed by atoms with Gasteiger partial charge < -0.3 is 19.5 Å². The summed E-state index contributed by atoms with van der Waals surface area (Å²) in [6.07, 6.45) is 0. The van der Waals surface area contributed by atoms with Crippen molar-refractivity contribution in [1.29, 1.82) is 0 Å². The van der Waals surface area contributed by atoms with Crippen LogP contribution in [-0.4, -0.2) is 52.5 Å². The molecule has 1 saturated heterocycles. The second kappa shape index (κ2) is 7.83. The summed E-state index contributed by atoms with van der Waals surface area (Å²) in [7, 11) is 2.11. The van der Waals surface area contributed by atoms with Gasteiger partial charge in [-0.05, 0) is 52.4 Å². The summed E-state index contributed by atoms with van der Waals surface area (Å²) >= 11 is 2.45. The van der Waals surface area contributed by atoms with Gasteiger partial charge >= 0.3 is 0 Å². The molecule has 1 aromatic carbocycles. The molecule has 2 N–H and O–H groups in total. The number of nitrogens with one attached hydrogen (secondary N) is 1. The lowest BCUT2D eigenvalue weighted by atomic mass is 10.1. The zero-order valence-corrected chi connectivity index (χ0v) is 17.5. The minimum absolute atomic E-state index is 0.133. The highest BCUT2D eigenvalue weighted by molar-refractivity contribution is 9.10. The molecule has 0 saturated carbocycles. The van der Waals surface area contributed by atoms with Gasteiger partial charge in [0.05, 0.1) is 11.7 Å². The molecule has 5 nitrogen and oxygen atoms in total. The molecule has 0 amide bonds. The molecule has 2 atom stereocenters. The summed E-state index contributed by atoms with van der Waals surface area (Å²) in [4.78, 5) is 4.49. The Balaban J connectivity index is 2.17. The number of piperazine rings is 1. The lowest BCUT2D eigenvalue weighted by molar-refractivity contribution is 0.311. The largest absolute Gasteiger partial charge is 0.598 e. The van der Waals surface area contributed by atoms with Crippen molar-refractivity contribution in [3.63, 3.8) is 0 Å². The third-order valence-electron chi connectivity index (χ3n) is 4.24. The Morgan fingerprint density at radius 1 is 1.25 bits per heavy atom. The summed E-state index contributed by atoms with van der Waals surface area (Å²) < 4.78 is 16.0. The zero-order chi connectivity index (χ0) is 18.1. The van der Waals surface area contributed by atoms with Crippen LogP contribution in [0.4, 0.5) is 5.69 Å². The maximum Gasteiger partial charge on any atom is 0.139 e. The lowest BCUT2D eigenvalue weighted by Gasteiger charge is -2.34. The van der Waals surface area contributed by atoms with Crippen LogP contribution in [0.1, 0.15) is 39.3 Å². The van der Waals surface area contributed by atoms with Crippen molar-refractivity contribution in [1.82, 2.24) is 9.62 Å². The van der Waals surface area contributed by atoms with Gasteiger partial charge in [0.15, 0.2) is 0 Å². The SMILES string of the molecule is C[C@H](N[S+]([O-])C(C)(C)C)c1cc(O)c(N2CCN(C)CC2)cc1Br. The molecule has 136 valence electrons. The summed E-state index contributed by atoms with van der Waals surface area (Å²) in [6.45, 7) is 11.5. The van der Waals surface area contributed by atoms with Crippen molar-refractivity contribution < 1.29 is 9.66 Å². The second-order valence-electron chi connectivity index (χ2n) is 7.37. The van der Waals surface area contributed by atoms with Gasteiger partial charge in [0, 0.05) is 42.0 Å². The number of benzene rings is 1. The maximum absolute atomic E-state index is 12.3. The maximum atomic E-state index is 12.3. The number of nitrogens with zero attached hydrogens (tertiary/aromatic N) is 2. The molecular weight excluding hydrogens is 390 g/mol. The van der Waals surface area contributed by atoms with Crippen LogP contribution in [-0.2, 0) is 11.4 Å². The van der Waals surface area contributed by atoms with Gasteiger partial charge in [-0.15, -0.1) is 4.72 Å². The van der Waals surface area contributed by atoms with Gasteiger partial charge in [-0.3, -0.25) is 0 Å². The highest BCUT2D eigenvalue weighted by Gasteiger charge is 2.29. The molecule has 0 aliphatic carbocycles. The normalized spacial score (nSPS) is 19.4. The van der Waals surface area contributed by atoms with Gasteiger partial charge in [0.1, 0.15) is 10.5 Å². The third kappa shape index (κ3) is 4.79. The first-order chi connectivity index (χ1) is 11.1. The molecule has 1 fully saturated rings. The Morgan fingerprint density at radius 3 is 2.38 bits per heavy atom. The van der Waals surface area contributed by atoms with Gasteiger partial charge in [-0.25, -0.2) is 0 Å². The molecule has 7 heteroatoms. The fourth-order valence-corrected chi connectivity index (χ4v) is 4.08. The molecular formula is C17H28BrN3O2S. The quantitative estimate of drug-likeness (QED) is 0.737. The third-order valence-corrected chi connectivity index (χ3v) is 6.61. The number of aromatic hydroxyl groups is 1. The van der Waals surface area contributed by atoms with Crippen molar-refractivity contribution in [2.24, 2.45) is 0 Å². The van der Waals surface area contributed by atoms with Crippen LogP contribution in [0.25, 0.3) is 0 Å². The van der Waals surface area contributed by atoms with E-state index in [4.69, 9.17) is 0 Å². The molecule has 1 aliphatic heterocycles. The first-order valence-corrected chi connectivity index (χ1v) is 10.2. The Hall–Kier alpha value is -0.470. The van der Waals surface area contributed by atoms with E-state index in [1.807, 2.05) is 33.8 Å². The molecule has 2 rings (SSSR count). The van der Waals surface area contributed by atoms with Crippen molar-refractivity contribution in [3.8, 4) is 5.75 Å². The predicted molar refractivity (Wildman–Crippen MR) is 105 cm³/mol. The average molecular weight is 418 g/mol. The first kappa shape index (κ1) is 19.8. The van der Waals surface area contributed by atoms with E-state index >= 15 is 0 Å². The molecule has 0 aromatic heterocycles. The molecule has 1 aliphatic rings. The summed E-state index contributed by atoms with van der Waals surface area (Å²) in [5.41, 5.74) is 1.76. The lowest BCUT2D eigenvalue weighted by Crippen LogP contribution is -2.44. The topological polar surface area (TPSA) is 61.8 Å². The summed E-state index contributed by atoms with van der Waals surface area (Å²) in [6, 6.07) is 3.61. The predicted octanol–water partition coefficient (Wildman–Crippen LogP) is 3.02. The summed E-state index contributed by atoms with van der Waals surface area (Å²) in [5.74, 6) is 0.271. The molecule has 0 spiro atoms. The smallest absolute Gasteiger partial charge is 0.139 e. The molecule has 0 radical (unpaired) electrons. The van der Waals surface area contributed by atoms with Crippen LogP contribution in [0.15, 0.2) is 16.6 Å². The van der Waals surface area contributed by atoms with E-state index in [9.17, 15) is 9.66 Å². The number of halogens is 1. The van der Waals surface area contributed by atoms with E-state index in [1.54, 1.807) is 6.07 Å². The number of phenolic OH excluding ortho intramolecular Hbond substituents is 1. The van der Waals surface area contributed by atoms with Crippen molar-refractivity contribution in [3.05, 3.63) is 22.2 Å². The molecule has 24 heavy (non-hydrogen) atoms. The standard InChI is InChI=1S/C17H28BrN3O2S/c1-12(19-24(23)17(2,3)4)13-10-16(22)15(11-14(13)18)21-8-6-20(5)7-9-21/h10-12,19,22H,6-9H2,1-5H3/t12-,24?/m0/s1. The van der Waals surface area contributed by atoms with E-state index in [1.165, 1.54) is 0 Å². The number of rotatable bonds is 4. The minimum Gasteiger partial charge on any atom is -0.598 e. The van der Waals surface area contributed by atoms with E-state index in [0.29, 0.717) is 0 Å². The number of likely N-dealkylation sites (N-methyl/N-ethyl adjacent to an activating group) is 1. The molecule has 0 bridgehead atoms. The number of hydrogen-bond acceptors (Lipinski definition) is 5. The Morgan fingerprint density at radius 2 is 1.83 bits per heavy atom. The van der Waals surface area contributed by atoms with Crippen molar-refractivity contribution in [2.75, 3.05) is 38.1 Å². The van der Waals surface area contributed by atoms with Gasteiger partial charge in [0.25, 0.3) is 0 Å². The second-order valence-corrected chi connectivity index (χ2v) is 10.2. The van der Waals surface area contributed by atoms with Crippen molar-refractivity contribution in [2.45, 2.75) is 38.5 Å². The minimum atomic E-state index is -1.16. The van der Waals surface area contributed by atoms with Crippen LogP contribution >= 0.6 is 15.9 Å². The number of phenols is 1. The fourth-order valence-electron chi connectivity index (χ4n) is 2.60. The molecule has 1 heterocycles. The van der Waals surface area contributed by atoms with Gasteiger partial charge in [-0.2, -0.15) is 0 Å². The number of hydrogen-bond donors (Lipinski definition) is 2.